The molecule has 0 aromatic heterocycles. The van der Waals surface area contributed by atoms with Crippen LogP contribution in [-0.4, -0.2) is 64.9 Å². The summed E-state index contributed by atoms with van der Waals surface area (Å²) in [7, 11) is 0. The number of aliphatic hydroxyl groups is 2. The van der Waals surface area contributed by atoms with E-state index >= 15 is 0 Å². The Bertz CT molecular complexity index is 855. The Morgan fingerprint density at radius 3 is 2.61 bits per heavy atom. The monoisotopic (exact) mass is 570 g/mol. The van der Waals surface area contributed by atoms with Crippen LogP contribution in [0.2, 0.25) is 0 Å². The zero-order valence-corrected chi connectivity index (χ0v) is 21.5. The zero-order valence-electron chi connectivity index (χ0n) is 19.4. The number of ether oxygens (including phenoxy) is 1. The Morgan fingerprint density at radius 2 is 2.00 bits per heavy atom. The van der Waals surface area contributed by atoms with Crippen LogP contribution in [0.25, 0.3) is 0 Å². The fourth-order valence-electron chi connectivity index (χ4n) is 4.19. The molecule has 3 unspecified atom stereocenters. The quantitative estimate of drug-likeness (QED) is 0.376. The Labute approximate surface area is 209 Å². The third-order valence-electron chi connectivity index (χ3n) is 6.40. The first-order valence-corrected chi connectivity index (χ1v) is 12.9. The molecule has 8 heteroatoms. The summed E-state index contributed by atoms with van der Waals surface area (Å²) in [6, 6.07) is 6.95. The van der Waals surface area contributed by atoms with Crippen LogP contribution in [0.4, 0.5) is 0 Å². The van der Waals surface area contributed by atoms with Crippen molar-refractivity contribution in [3.8, 4) is 5.75 Å². The summed E-state index contributed by atoms with van der Waals surface area (Å²) in [6.45, 7) is 4.74. The summed E-state index contributed by atoms with van der Waals surface area (Å²) in [5.41, 5.74) is 0.464. The van der Waals surface area contributed by atoms with Crippen molar-refractivity contribution in [2.45, 2.75) is 64.2 Å². The molecule has 0 aliphatic heterocycles. The van der Waals surface area contributed by atoms with E-state index in [4.69, 9.17) is 9.84 Å². The lowest BCUT2D eigenvalue weighted by molar-refractivity contribution is -0.145. The van der Waals surface area contributed by atoms with Crippen molar-refractivity contribution in [2.75, 3.05) is 19.7 Å². The van der Waals surface area contributed by atoms with E-state index in [1.807, 2.05) is 24.3 Å². The van der Waals surface area contributed by atoms with E-state index in [0.29, 0.717) is 23.8 Å². The van der Waals surface area contributed by atoms with Gasteiger partial charge in [-0.05, 0) is 66.0 Å². The second-order valence-corrected chi connectivity index (χ2v) is 10.5. The van der Waals surface area contributed by atoms with Crippen molar-refractivity contribution in [3.05, 3.63) is 39.5 Å². The van der Waals surface area contributed by atoms with Crippen LogP contribution < -0.4 is 10.1 Å². The largest absolute Gasteiger partial charge is 0.482 e. The van der Waals surface area contributed by atoms with Gasteiger partial charge in [-0.1, -0.05) is 32.4 Å². The van der Waals surface area contributed by atoms with Gasteiger partial charge in [0.1, 0.15) is 18.0 Å². The first-order chi connectivity index (χ1) is 15.8. The number of benzene rings is 1. The van der Waals surface area contributed by atoms with Gasteiger partial charge in [-0.3, -0.25) is 9.59 Å². The molecule has 1 aromatic rings. The fourth-order valence-corrected chi connectivity index (χ4v) is 4.71. The number of hydrogen-bond acceptors (Lipinski definition) is 5. The average Bonchev–Trinajstić information content (AvgIpc) is 2.74. The smallest absolute Gasteiger partial charge is 0.247 e. The van der Waals surface area contributed by atoms with Crippen molar-refractivity contribution < 1.29 is 24.5 Å². The lowest BCUT2D eigenvalue weighted by Crippen LogP contribution is -2.57. The molecule has 0 bridgehead atoms. The minimum Gasteiger partial charge on any atom is -0.482 e. The van der Waals surface area contributed by atoms with E-state index in [1.54, 1.807) is 11.0 Å². The first-order valence-electron chi connectivity index (χ1n) is 11.8. The summed E-state index contributed by atoms with van der Waals surface area (Å²) >= 11 is 2.17. The number of hydrogen-bond donors (Lipinski definition) is 3. The van der Waals surface area contributed by atoms with E-state index < -0.39 is 18.2 Å². The maximum atomic E-state index is 13.4. The molecular formula is C25H35IN2O5. The van der Waals surface area contributed by atoms with Crippen molar-refractivity contribution >= 4 is 34.4 Å². The highest BCUT2D eigenvalue weighted by Gasteiger charge is 2.42. The van der Waals surface area contributed by atoms with Gasteiger partial charge in [0, 0.05) is 31.0 Å². The molecule has 33 heavy (non-hydrogen) atoms. The maximum absolute atomic E-state index is 13.4. The van der Waals surface area contributed by atoms with Crippen molar-refractivity contribution in [1.82, 2.24) is 10.2 Å². The Morgan fingerprint density at radius 1 is 1.27 bits per heavy atom. The molecule has 182 valence electrons. The van der Waals surface area contributed by atoms with Crippen molar-refractivity contribution in [3.63, 3.8) is 0 Å². The van der Waals surface area contributed by atoms with Crippen LogP contribution in [-0.2, 0) is 9.59 Å². The molecule has 2 amide bonds. The standard InChI is InChI=1S/C25H35IN2O5/c1-16(2)10-12-28(25(32)17-6-5-7-17)20-14-18(24(31)27-11-13-29)15-22(23(20)30)33-21-9-4-3-8-19(21)26/h3-4,8-9,15-17,20,22-23,29-30H,5-7,10-14H2,1-2H3,(H,27,31). The van der Waals surface area contributed by atoms with E-state index in [1.165, 1.54) is 0 Å². The fraction of sp³-hybridized carbons (Fsp3) is 0.600. The van der Waals surface area contributed by atoms with Crippen molar-refractivity contribution in [2.24, 2.45) is 11.8 Å². The number of para-hydroxylation sites is 1. The van der Waals surface area contributed by atoms with Crippen LogP contribution in [0, 0.1) is 15.4 Å². The molecule has 1 fully saturated rings. The van der Waals surface area contributed by atoms with Gasteiger partial charge in [-0.2, -0.15) is 0 Å². The van der Waals surface area contributed by atoms with Gasteiger partial charge in [0.25, 0.3) is 0 Å². The topological polar surface area (TPSA) is 99.1 Å². The molecule has 2 aliphatic carbocycles. The van der Waals surface area contributed by atoms with E-state index in [2.05, 4.69) is 41.8 Å². The Kier molecular flexibility index (Phi) is 9.57. The summed E-state index contributed by atoms with van der Waals surface area (Å²) in [5.74, 6) is 0.779. The van der Waals surface area contributed by atoms with Gasteiger partial charge >= 0.3 is 0 Å². The van der Waals surface area contributed by atoms with Crippen LogP contribution in [0.5, 0.6) is 5.75 Å². The van der Waals surface area contributed by atoms with E-state index in [0.717, 1.165) is 29.3 Å². The number of amides is 2. The predicted octanol–water partition coefficient (Wildman–Crippen LogP) is 2.88. The molecule has 1 aromatic carbocycles. The van der Waals surface area contributed by atoms with E-state index in [9.17, 15) is 14.7 Å². The number of carbonyl (C=O) groups is 2. The second kappa shape index (κ2) is 12.2. The molecule has 0 radical (unpaired) electrons. The van der Waals surface area contributed by atoms with E-state index in [-0.39, 0.29) is 37.3 Å². The summed E-state index contributed by atoms with van der Waals surface area (Å²) < 4.78 is 7.06. The lowest BCUT2D eigenvalue weighted by atomic mass is 9.82. The van der Waals surface area contributed by atoms with Gasteiger partial charge in [0.05, 0.1) is 16.2 Å². The third-order valence-corrected chi connectivity index (χ3v) is 7.29. The van der Waals surface area contributed by atoms with Crippen LogP contribution in [0.3, 0.4) is 0 Å². The molecule has 0 saturated heterocycles. The van der Waals surface area contributed by atoms with Crippen LogP contribution >= 0.6 is 22.6 Å². The molecule has 0 heterocycles. The number of halogens is 1. The number of nitrogens with one attached hydrogen (secondary N) is 1. The minimum atomic E-state index is -0.966. The predicted molar refractivity (Wildman–Crippen MR) is 135 cm³/mol. The SMILES string of the molecule is CC(C)CCN(C(=O)C1CCC1)C1CC(C(=O)NCCO)=CC(Oc2ccccc2I)C1O. The third kappa shape index (κ3) is 6.70. The summed E-state index contributed by atoms with van der Waals surface area (Å²) in [6.07, 6.45) is 3.79. The van der Waals surface area contributed by atoms with Crippen LogP contribution in [0.1, 0.15) is 46.0 Å². The average molecular weight is 570 g/mol. The zero-order chi connectivity index (χ0) is 24.0. The van der Waals surface area contributed by atoms with Gasteiger partial charge < -0.3 is 25.2 Å². The normalized spacial score (nSPS) is 23.0. The maximum Gasteiger partial charge on any atom is 0.247 e. The molecule has 3 rings (SSSR count). The molecule has 2 aliphatic rings. The lowest BCUT2D eigenvalue weighted by Gasteiger charge is -2.43. The molecular weight excluding hydrogens is 535 g/mol. The van der Waals surface area contributed by atoms with Gasteiger partial charge in [0.2, 0.25) is 11.8 Å². The summed E-state index contributed by atoms with van der Waals surface area (Å²) in [5, 5.41) is 23.2. The van der Waals surface area contributed by atoms with Gasteiger partial charge in [-0.25, -0.2) is 0 Å². The highest BCUT2D eigenvalue weighted by atomic mass is 127. The Hall–Kier alpha value is -1.65. The minimum absolute atomic E-state index is 0.00336. The van der Waals surface area contributed by atoms with Crippen LogP contribution in [0.15, 0.2) is 35.9 Å². The molecule has 7 nitrogen and oxygen atoms in total. The molecule has 3 N–H and O–H groups in total. The van der Waals surface area contributed by atoms with Gasteiger partial charge in [-0.15, -0.1) is 0 Å². The molecule has 3 atom stereocenters. The highest BCUT2D eigenvalue weighted by molar-refractivity contribution is 14.1. The van der Waals surface area contributed by atoms with Gasteiger partial charge in [0.15, 0.2) is 0 Å². The second-order valence-electron chi connectivity index (χ2n) is 9.29. The molecule has 1 saturated carbocycles. The number of carbonyl (C=O) groups excluding carboxylic acids is 2. The number of aliphatic hydroxyl groups excluding tert-OH is 2. The van der Waals surface area contributed by atoms with Crippen molar-refractivity contribution in [1.29, 1.82) is 0 Å². The Balaban J connectivity index is 1.90. The first kappa shape index (κ1) is 26.0. The molecule has 0 spiro atoms. The highest BCUT2D eigenvalue weighted by Crippen LogP contribution is 2.34. The number of nitrogens with zero attached hydrogens (tertiary/aromatic N) is 1. The summed E-state index contributed by atoms with van der Waals surface area (Å²) in [4.78, 5) is 28.0. The number of rotatable bonds is 10.